The lowest BCUT2D eigenvalue weighted by molar-refractivity contribution is 0.413. The van der Waals surface area contributed by atoms with Crippen molar-refractivity contribution < 1.29 is 4.74 Å². The Kier molecular flexibility index (Phi) is 4.68. The van der Waals surface area contributed by atoms with Crippen LogP contribution in [-0.2, 0) is 7.05 Å². The van der Waals surface area contributed by atoms with E-state index in [0.29, 0.717) is 10.8 Å². The number of rotatable bonds is 5. The molecule has 0 spiro atoms. The Morgan fingerprint density at radius 1 is 1.40 bits per heavy atom. The van der Waals surface area contributed by atoms with Crippen molar-refractivity contribution in [3.8, 4) is 5.75 Å². The predicted molar refractivity (Wildman–Crippen MR) is 81.5 cm³/mol. The summed E-state index contributed by atoms with van der Waals surface area (Å²) in [6, 6.07) is 8.01. The van der Waals surface area contributed by atoms with Crippen LogP contribution in [0.15, 0.2) is 24.3 Å². The fraction of sp³-hybridized carbons (Fsp3) is 0.400. The molecular weight excluding hydrogens is 274 g/mol. The van der Waals surface area contributed by atoms with Gasteiger partial charge in [0, 0.05) is 7.05 Å². The molecule has 2 aromatic rings. The zero-order valence-electron chi connectivity index (χ0n) is 12.3. The second kappa shape index (κ2) is 6.29. The van der Waals surface area contributed by atoms with Crippen LogP contribution in [0.3, 0.4) is 0 Å². The van der Waals surface area contributed by atoms with Gasteiger partial charge in [0.2, 0.25) is 0 Å². The minimum absolute atomic E-state index is 0.0670. The van der Waals surface area contributed by atoms with E-state index in [1.54, 1.807) is 7.11 Å². The number of aromatic nitrogens is 2. The Labute approximate surface area is 124 Å². The molecule has 0 aliphatic heterocycles. The van der Waals surface area contributed by atoms with Gasteiger partial charge in [-0.15, -0.1) is 0 Å². The van der Waals surface area contributed by atoms with Crippen molar-refractivity contribution in [1.29, 1.82) is 0 Å². The fourth-order valence-electron chi connectivity index (χ4n) is 2.35. The maximum absolute atomic E-state index is 6.10. The number of aryl methyl sites for hydroxylation is 2. The highest BCUT2D eigenvalue weighted by Crippen LogP contribution is 2.30. The Bertz CT molecular complexity index is 595. The van der Waals surface area contributed by atoms with Crippen LogP contribution in [0.5, 0.6) is 5.75 Å². The van der Waals surface area contributed by atoms with Crippen molar-refractivity contribution >= 4 is 11.6 Å². The average molecular weight is 294 g/mol. The summed E-state index contributed by atoms with van der Waals surface area (Å²) in [6.45, 7) is 4.94. The Balaban J connectivity index is 2.45. The van der Waals surface area contributed by atoms with Crippen molar-refractivity contribution in [1.82, 2.24) is 15.1 Å². The van der Waals surface area contributed by atoms with E-state index in [2.05, 4.69) is 23.4 Å². The van der Waals surface area contributed by atoms with Gasteiger partial charge in [0.05, 0.1) is 29.6 Å². The van der Waals surface area contributed by atoms with E-state index in [1.807, 2.05) is 36.9 Å². The van der Waals surface area contributed by atoms with E-state index in [4.69, 9.17) is 16.3 Å². The SMILES string of the molecule is CCNC(c1ccc(Cl)c(OC)c1)c1cc(C)nn1C. The van der Waals surface area contributed by atoms with Crippen LogP contribution in [0.25, 0.3) is 0 Å². The minimum atomic E-state index is 0.0670. The Morgan fingerprint density at radius 2 is 2.15 bits per heavy atom. The normalized spacial score (nSPS) is 12.4. The number of methoxy groups -OCH3 is 1. The van der Waals surface area contributed by atoms with Crippen molar-refractivity contribution in [2.24, 2.45) is 7.05 Å². The topological polar surface area (TPSA) is 39.1 Å². The highest BCUT2D eigenvalue weighted by molar-refractivity contribution is 6.32. The molecule has 0 aliphatic carbocycles. The number of nitrogens with zero attached hydrogens (tertiary/aromatic N) is 2. The molecule has 0 bridgehead atoms. The van der Waals surface area contributed by atoms with Crippen LogP contribution in [0, 0.1) is 6.92 Å². The van der Waals surface area contributed by atoms with E-state index >= 15 is 0 Å². The molecule has 0 saturated carbocycles. The summed E-state index contributed by atoms with van der Waals surface area (Å²) < 4.78 is 7.21. The third-order valence-corrected chi connectivity index (χ3v) is 3.56. The van der Waals surface area contributed by atoms with Crippen molar-refractivity contribution in [2.75, 3.05) is 13.7 Å². The van der Waals surface area contributed by atoms with Crippen LogP contribution in [0.2, 0.25) is 5.02 Å². The number of benzene rings is 1. The van der Waals surface area contributed by atoms with Crippen molar-refractivity contribution in [3.63, 3.8) is 0 Å². The zero-order chi connectivity index (χ0) is 14.7. The third kappa shape index (κ3) is 2.97. The Hall–Kier alpha value is -1.52. The predicted octanol–water partition coefficient (Wildman–Crippen LogP) is 3.09. The van der Waals surface area contributed by atoms with Crippen molar-refractivity contribution in [3.05, 3.63) is 46.2 Å². The first-order valence-corrected chi connectivity index (χ1v) is 7.02. The lowest BCUT2D eigenvalue weighted by Crippen LogP contribution is -2.24. The lowest BCUT2D eigenvalue weighted by atomic mass is 10.0. The average Bonchev–Trinajstić information content (AvgIpc) is 2.75. The molecule has 0 saturated heterocycles. The van der Waals surface area contributed by atoms with Gasteiger partial charge in [-0.2, -0.15) is 5.10 Å². The molecule has 1 heterocycles. The maximum Gasteiger partial charge on any atom is 0.137 e. The third-order valence-electron chi connectivity index (χ3n) is 3.25. The van der Waals surface area contributed by atoms with Crippen LogP contribution in [0.4, 0.5) is 0 Å². The molecule has 0 fully saturated rings. The van der Waals surface area contributed by atoms with Gasteiger partial charge in [0.25, 0.3) is 0 Å². The number of hydrogen-bond acceptors (Lipinski definition) is 3. The fourth-order valence-corrected chi connectivity index (χ4v) is 2.55. The smallest absolute Gasteiger partial charge is 0.137 e. The van der Waals surface area contributed by atoms with Gasteiger partial charge in [-0.25, -0.2) is 0 Å². The first-order valence-electron chi connectivity index (χ1n) is 6.64. The van der Waals surface area contributed by atoms with Crippen LogP contribution < -0.4 is 10.1 Å². The molecule has 0 radical (unpaired) electrons. The summed E-state index contributed by atoms with van der Waals surface area (Å²) in [5.41, 5.74) is 3.23. The highest BCUT2D eigenvalue weighted by Gasteiger charge is 2.18. The molecule has 1 atom stereocenters. The van der Waals surface area contributed by atoms with Gasteiger partial charge in [0.15, 0.2) is 0 Å². The molecule has 2 rings (SSSR count). The molecule has 5 heteroatoms. The van der Waals surface area contributed by atoms with Crippen LogP contribution >= 0.6 is 11.6 Å². The standard InChI is InChI=1S/C15H20ClN3O/c1-5-17-15(13-8-10(2)18-19(13)3)11-6-7-12(16)14(9-11)20-4/h6-9,15,17H,5H2,1-4H3. The summed E-state index contributed by atoms with van der Waals surface area (Å²) in [7, 11) is 3.58. The molecule has 1 N–H and O–H groups in total. The van der Waals surface area contributed by atoms with Gasteiger partial charge in [-0.3, -0.25) is 4.68 Å². The van der Waals surface area contributed by atoms with Gasteiger partial charge in [-0.05, 0) is 37.2 Å². The highest BCUT2D eigenvalue weighted by atomic mass is 35.5. The van der Waals surface area contributed by atoms with E-state index in [9.17, 15) is 0 Å². The van der Waals surface area contributed by atoms with Crippen LogP contribution in [-0.4, -0.2) is 23.4 Å². The monoisotopic (exact) mass is 293 g/mol. The minimum Gasteiger partial charge on any atom is -0.495 e. The van der Waals surface area contributed by atoms with Gasteiger partial charge in [0.1, 0.15) is 5.75 Å². The zero-order valence-corrected chi connectivity index (χ0v) is 13.0. The second-order valence-corrected chi connectivity index (χ2v) is 5.13. The summed E-state index contributed by atoms with van der Waals surface area (Å²) in [5, 5.41) is 8.52. The molecule has 0 amide bonds. The van der Waals surface area contributed by atoms with E-state index in [-0.39, 0.29) is 6.04 Å². The number of halogens is 1. The molecule has 20 heavy (non-hydrogen) atoms. The second-order valence-electron chi connectivity index (χ2n) is 4.72. The summed E-state index contributed by atoms with van der Waals surface area (Å²) >= 11 is 6.10. The van der Waals surface area contributed by atoms with Crippen molar-refractivity contribution in [2.45, 2.75) is 19.9 Å². The largest absolute Gasteiger partial charge is 0.495 e. The molecular formula is C15H20ClN3O. The molecule has 0 aliphatic rings. The van der Waals surface area contributed by atoms with Gasteiger partial charge < -0.3 is 10.1 Å². The molecule has 108 valence electrons. The van der Waals surface area contributed by atoms with Gasteiger partial charge >= 0.3 is 0 Å². The van der Waals surface area contributed by atoms with E-state index in [0.717, 1.165) is 23.5 Å². The number of ether oxygens (including phenoxy) is 1. The summed E-state index contributed by atoms with van der Waals surface area (Å²) in [5.74, 6) is 0.686. The molecule has 1 aromatic heterocycles. The van der Waals surface area contributed by atoms with E-state index in [1.165, 1.54) is 0 Å². The first-order chi connectivity index (χ1) is 9.56. The maximum atomic E-state index is 6.10. The lowest BCUT2D eigenvalue weighted by Gasteiger charge is -2.19. The quantitative estimate of drug-likeness (QED) is 0.921. The molecule has 1 unspecified atom stereocenters. The van der Waals surface area contributed by atoms with Crippen LogP contribution in [0.1, 0.15) is 29.9 Å². The summed E-state index contributed by atoms with van der Waals surface area (Å²) in [6.07, 6.45) is 0. The Morgan fingerprint density at radius 3 is 2.70 bits per heavy atom. The number of hydrogen-bond donors (Lipinski definition) is 1. The first kappa shape index (κ1) is 14.9. The van der Waals surface area contributed by atoms with E-state index < -0.39 is 0 Å². The summed E-state index contributed by atoms with van der Waals surface area (Å²) in [4.78, 5) is 0. The molecule has 4 nitrogen and oxygen atoms in total. The van der Waals surface area contributed by atoms with Gasteiger partial charge in [-0.1, -0.05) is 24.6 Å². The number of nitrogens with one attached hydrogen (secondary N) is 1. The molecule has 1 aromatic carbocycles.